The van der Waals surface area contributed by atoms with Crippen molar-refractivity contribution in [1.29, 1.82) is 0 Å². The Morgan fingerprint density at radius 2 is 1.81 bits per heavy atom. The van der Waals surface area contributed by atoms with Gasteiger partial charge >= 0.3 is 12.1 Å². The zero-order valence-electron chi connectivity index (χ0n) is 25.4. The number of aromatic nitrogens is 4. The van der Waals surface area contributed by atoms with Gasteiger partial charge in [-0.25, -0.2) is 14.6 Å². The highest BCUT2D eigenvalue weighted by Crippen LogP contribution is 2.55. The summed E-state index contributed by atoms with van der Waals surface area (Å²) < 4.78 is 19.9. The van der Waals surface area contributed by atoms with Crippen LogP contribution in [0.2, 0.25) is 18.2 Å². The fourth-order valence-corrected chi connectivity index (χ4v) is 6.58. The van der Waals surface area contributed by atoms with Gasteiger partial charge in [0.2, 0.25) is 15.0 Å². The Balaban J connectivity index is 1.76. The highest BCUT2D eigenvalue weighted by atomic mass is 35.5. The molecule has 10 nitrogen and oxygen atoms in total. The molecule has 1 fully saturated rings. The topological polar surface area (TPSA) is 117 Å². The van der Waals surface area contributed by atoms with E-state index in [2.05, 4.69) is 47.6 Å². The molecular formula is C30H39ClN5O5Si. The van der Waals surface area contributed by atoms with Crippen LogP contribution in [0.15, 0.2) is 48.8 Å². The molecule has 0 saturated heterocycles. The van der Waals surface area contributed by atoms with Crippen LogP contribution < -0.4 is 5.32 Å². The van der Waals surface area contributed by atoms with E-state index in [0.29, 0.717) is 23.1 Å². The summed E-state index contributed by atoms with van der Waals surface area (Å²) in [5.41, 5.74) is 0.0366. The summed E-state index contributed by atoms with van der Waals surface area (Å²) in [6, 6.07) is 8.92. The van der Waals surface area contributed by atoms with E-state index in [0.717, 1.165) is 5.57 Å². The zero-order chi connectivity index (χ0) is 31.0. The second kappa shape index (κ2) is 11.8. The maximum atomic E-state index is 12.9. The summed E-state index contributed by atoms with van der Waals surface area (Å²) >= 11 is 6.53. The second-order valence-corrected chi connectivity index (χ2v) is 15.2. The first kappa shape index (κ1) is 31.6. The van der Waals surface area contributed by atoms with Crippen LogP contribution in [0.1, 0.15) is 58.3 Å². The number of hydrogen-bond acceptors (Lipinski definition) is 8. The van der Waals surface area contributed by atoms with E-state index >= 15 is 0 Å². The summed E-state index contributed by atoms with van der Waals surface area (Å²) in [5.74, 6) is -0.602. The van der Waals surface area contributed by atoms with Gasteiger partial charge in [0.25, 0.3) is 0 Å². The lowest BCUT2D eigenvalue weighted by Gasteiger charge is -2.36. The van der Waals surface area contributed by atoms with Gasteiger partial charge in [-0.05, 0) is 62.9 Å². The molecule has 225 valence electrons. The van der Waals surface area contributed by atoms with E-state index in [1.54, 1.807) is 51.4 Å². The zero-order valence-corrected chi connectivity index (χ0v) is 27.2. The fraction of sp³-hybridized carbons (Fsp3) is 0.500. The molecule has 1 amide bonds. The van der Waals surface area contributed by atoms with Crippen LogP contribution in [-0.4, -0.2) is 52.8 Å². The summed E-state index contributed by atoms with van der Waals surface area (Å²) in [6.45, 7) is 20.5. The Morgan fingerprint density at radius 1 is 1.14 bits per heavy atom. The number of nitrogens with zero attached hydrogens (tertiary/aromatic N) is 4. The molecule has 1 saturated carbocycles. The molecule has 0 aliphatic heterocycles. The Kier molecular flexibility index (Phi) is 8.87. The number of hydrogen-bond donors (Lipinski definition) is 1. The lowest BCUT2D eigenvalue weighted by atomic mass is 9.74. The molecule has 1 aliphatic carbocycles. The van der Waals surface area contributed by atoms with Crippen molar-refractivity contribution in [2.45, 2.75) is 72.4 Å². The summed E-state index contributed by atoms with van der Waals surface area (Å²) in [6.07, 6.45) is 1.46. The van der Waals surface area contributed by atoms with Crippen LogP contribution in [0.5, 0.6) is 0 Å². The normalized spacial score (nSPS) is 21.1. The van der Waals surface area contributed by atoms with E-state index in [1.807, 2.05) is 23.7 Å². The molecular weight excluding hydrogens is 574 g/mol. The van der Waals surface area contributed by atoms with Gasteiger partial charge < -0.3 is 13.9 Å². The predicted octanol–water partition coefficient (Wildman–Crippen LogP) is 6.84. The number of esters is 1. The molecule has 1 N–H and O–H groups in total. The van der Waals surface area contributed by atoms with E-state index in [9.17, 15) is 9.59 Å². The maximum absolute atomic E-state index is 12.9. The van der Waals surface area contributed by atoms with Crippen molar-refractivity contribution in [1.82, 2.24) is 19.5 Å². The molecule has 1 aromatic carbocycles. The molecule has 2 aromatic heterocycles. The van der Waals surface area contributed by atoms with Crippen molar-refractivity contribution in [3.05, 3.63) is 59.5 Å². The smallest absolute Gasteiger partial charge is 0.414 e. The van der Waals surface area contributed by atoms with Gasteiger partial charge in [-0.3, -0.25) is 9.88 Å². The summed E-state index contributed by atoms with van der Waals surface area (Å²) in [5, 5.41) is 2.64. The van der Waals surface area contributed by atoms with Crippen LogP contribution in [0.4, 0.5) is 10.7 Å². The van der Waals surface area contributed by atoms with Crippen LogP contribution in [-0.2, 0) is 19.6 Å². The van der Waals surface area contributed by atoms with Gasteiger partial charge in [-0.2, -0.15) is 9.97 Å². The monoisotopic (exact) mass is 612 g/mol. The number of ether oxygens (including phenoxy) is 2. The number of fused-ring (bicyclic) bond motifs is 1. The number of carbonyl (C=O) groups is 2. The first-order chi connectivity index (χ1) is 19.5. The second-order valence-electron chi connectivity index (χ2n) is 12.8. The third-order valence-corrected chi connectivity index (χ3v) is 8.19. The van der Waals surface area contributed by atoms with Gasteiger partial charge in [-0.1, -0.05) is 57.2 Å². The van der Waals surface area contributed by atoms with Gasteiger partial charge in [0.05, 0.1) is 18.5 Å². The lowest BCUT2D eigenvalue weighted by Crippen LogP contribution is -2.40. The molecule has 12 heteroatoms. The highest BCUT2D eigenvalue weighted by molar-refractivity contribution is 6.48. The maximum Gasteiger partial charge on any atom is 0.414 e. The van der Waals surface area contributed by atoms with Crippen LogP contribution >= 0.6 is 11.6 Å². The van der Waals surface area contributed by atoms with Gasteiger partial charge in [-0.15, -0.1) is 0 Å². The number of nitrogens with one attached hydrogen (secondary N) is 1. The fourth-order valence-electron chi connectivity index (χ4n) is 5.38. The SMILES string of the molecule is C=C1[C@H](COC(=O)c2ccccc2)[C@@H](C(C)(C)C)C[C@@]1(O[Si](C)C)n1cnc2c(Cl)nc(NC(=O)OC(C)(C)C)nc21. The molecule has 0 bridgehead atoms. The molecule has 0 unspecified atom stereocenters. The third kappa shape index (κ3) is 6.68. The van der Waals surface area contributed by atoms with E-state index in [-0.39, 0.29) is 35.0 Å². The summed E-state index contributed by atoms with van der Waals surface area (Å²) in [4.78, 5) is 38.7. The van der Waals surface area contributed by atoms with Gasteiger partial charge in [0.15, 0.2) is 16.5 Å². The Morgan fingerprint density at radius 3 is 2.40 bits per heavy atom. The van der Waals surface area contributed by atoms with Crippen molar-refractivity contribution in [3.8, 4) is 0 Å². The van der Waals surface area contributed by atoms with Crippen molar-refractivity contribution >= 4 is 49.8 Å². The number of anilines is 1. The standard InChI is InChI=1S/C30H39ClN5O5Si/c1-18-20(16-39-25(37)19-13-11-10-12-14-19)21(28(2,3)4)15-30(18,41-42(8)9)36-17-32-22-23(31)33-26(34-24(22)36)35-27(38)40-29(5,6)7/h10-14,17,20-21H,1,15-16H2,2-9H3,(H,33,34,35,38)/t20-,21-,30-/m0/s1. The molecule has 42 heavy (non-hydrogen) atoms. The van der Waals surface area contributed by atoms with Crippen LogP contribution in [0, 0.1) is 17.3 Å². The highest BCUT2D eigenvalue weighted by Gasteiger charge is 2.55. The van der Waals surface area contributed by atoms with Crippen molar-refractivity contribution in [2.24, 2.45) is 17.3 Å². The first-order valence-electron chi connectivity index (χ1n) is 13.8. The molecule has 3 aromatic rings. The largest absolute Gasteiger partial charge is 0.461 e. The van der Waals surface area contributed by atoms with E-state index in [4.69, 9.17) is 25.5 Å². The number of imidazole rings is 1. The van der Waals surface area contributed by atoms with Crippen LogP contribution in [0.3, 0.4) is 0 Å². The molecule has 1 radical (unpaired) electrons. The molecule has 4 rings (SSSR count). The molecule has 0 spiro atoms. The minimum Gasteiger partial charge on any atom is -0.461 e. The Bertz CT molecular complexity index is 1480. The minimum absolute atomic E-state index is 0.0264. The Labute approximate surface area is 253 Å². The number of halogens is 1. The number of rotatable bonds is 7. The number of carbonyl (C=O) groups excluding carboxylic acids is 2. The van der Waals surface area contributed by atoms with Crippen LogP contribution in [0.25, 0.3) is 11.2 Å². The van der Waals surface area contributed by atoms with Crippen molar-refractivity contribution < 1.29 is 23.5 Å². The third-order valence-electron chi connectivity index (χ3n) is 7.18. The van der Waals surface area contributed by atoms with Crippen molar-refractivity contribution in [3.63, 3.8) is 0 Å². The average Bonchev–Trinajstić information content (AvgIpc) is 3.42. The van der Waals surface area contributed by atoms with E-state index in [1.165, 1.54) is 0 Å². The van der Waals surface area contributed by atoms with Gasteiger partial charge in [0, 0.05) is 12.3 Å². The number of amides is 1. The number of benzene rings is 1. The van der Waals surface area contributed by atoms with Gasteiger partial charge in [0.1, 0.15) is 11.1 Å². The van der Waals surface area contributed by atoms with Crippen molar-refractivity contribution in [2.75, 3.05) is 11.9 Å². The predicted molar refractivity (Wildman–Crippen MR) is 164 cm³/mol. The molecule has 3 atom stereocenters. The minimum atomic E-state index is -1.31. The molecule has 2 heterocycles. The quantitative estimate of drug-likeness (QED) is 0.133. The first-order valence-corrected chi connectivity index (χ1v) is 16.6. The lowest BCUT2D eigenvalue weighted by molar-refractivity contribution is 0.0206. The molecule has 1 aliphatic rings. The van der Waals surface area contributed by atoms with E-state index < -0.39 is 32.4 Å². The average molecular weight is 613 g/mol. The summed E-state index contributed by atoms with van der Waals surface area (Å²) in [7, 11) is -1.31. The Hall–Kier alpha value is -3.28.